The Kier molecular flexibility index (Phi) is 5.63. The quantitative estimate of drug-likeness (QED) is 0.500. The molecule has 1 aromatic rings. The molecule has 1 saturated heterocycles. The first kappa shape index (κ1) is 24.9. The molecule has 9 heteroatoms. The zero-order valence-electron chi connectivity index (χ0n) is 21.1. The van der Waals surface area contributed by atoms with Crippen LogP contribution in [-0.2, 0) is 16.0 Å². The summed E-state index contributed by atoms with van der Waals surface area (Å²) in [6.07, 6.45) is 1.57. The lowest BCUT2D eigenvalue weighted by Gasteiger charge is -2.55. The maximum absolute atomic E-state index is 16.0. The number of benzene rings is 1. The lowest BCUT2D eigenvalue weighted by Crippen LogP contribution is -2.66. The summed E-state index contributed by atoms with van der Waals surface area (Å²) in [7, 11) is 5.39. The average molecular weight is 501 g/mol. The number of allylic oxidation sites excluding steroid dienone is 1. The van der Waals surface area contributed by atoms with Gasteiger partial charge in [-0.3, -0.25) is 14.5 Å². The normalized spacial score (nSPS) is 32.8. The minimum absolute atomic E-state index is 0.0209. The van der Waals surface area contributed by atoms with Crippen molar-refractivity contribution >= 4 is 17.3 Å². The highest BCUT2D eigenvalue weighted by atomic mass is 19.1. The number of rotatable bonds is 3. The molecule has 1 aromatic carbocycles. The van der Waals surface area contributed by atoms with Crippen molar-refractivity contribution < 1.29 is 34.4 Å². The van der Waals surface area contributed by atoms with Crippen molar-refractivity contribution in [1.82, 2.24) is 9.80 Å². The first-order valence-corrected chi connectivity index (χ1v) is 12.4. The Bertz CT molecular complexity index is 1250. The lowest BCUT2D eigenvalue weighted by atomic mass is 9.51. The number of nitrogens with zero attached hydrogens (tertiary/aromatic N) is 2. The zero-order valence-corrected chi connectivity index (χ0v) is 21.1. The van der Waals surface area contributed by atoms with Gasteiger partial charge in [-0.25, -0.2) is 4.39 Å². The number of phenols is 1. The van der Waals surface area contributed by atoms with Crippen LogP contribution in [0.25, 0.3) is 5.76 Å². The van der Waals surface area contributed by atoms with E-state index in [4.69, 9.17) is 0 Å². The number of phenolic OH excluding ortho intramolecular Hbond substituents is 1. The smallest absolute Gasteiger partial charge is 0.202 e. The van der Waals surface area contributed by atoms with E-state index in [1.165, 1.54) is 13.0 Å². The molecule has 0 aromatic heterocycles. The van der Waals surface area contributed by atoms with Crippen LogP contribution in [0.3, 0.4) is 0 Å². The van der Waals surface area contributed by atoms with Gasteiger partial charge in [0.15, 0.2) is 11.4 Å². The summed E-state index contributed by atoms with van der Waals surface area (Å²) in [5.41, 5.74) is -3.68. The summed E-state index contributed by atoms with van der Waals surface area (Å²) in [5, 5.41) is 44.9. The predicted molar refractivity (Wildman–Crippen MR) is 130 cm³/mol. The Labute approximate surface area is 209 Å². The first-order valence-electron chi connectivity index (χ1n) is 12.4. The Hall–Kier alpha value is -2.75. The summed E-state index contributed by atoms with van der Waals surface area (Å²) in [6.45, 7) is 2.29. The van der Waals surface area contributed by atoms with Crippen LogP contribution in [0.1, 0.15) is 55.3 Å². The van der Waals surface area contributed by atoms with Crippen molar-refractivity contribution in [3.63, 3.8) is 0 Å². The van der Waals surface area contributed by atoms with Crippen LogP contribution in [0.15, 0.2) is 23.0 Å². The van der Waals surface area contributed by atoms with Crippen molar-refractivity contribution in [3.8, 4) is 5.75 Å². The van der Waals surface area contributed by atoms with E-state index in [9.17, 15) is 30.0 Å². The average Bonchev–Trinajstić information content (AvgIpc) is 3.22. The van der Waals surface area contributed by atoms with E-state index in [1.54, 1.807) is 19.0 Å². The molecule has 8 nitrogen and oxygen atoms in total. The second-order valence-electron chi connectivity index (χ2n) is 11.3. The molecule has 0 spiro atoms. The molecule has 0 radical (unpaired) electrons. The van der Waals surface area contributed by atoms with E-state index in [0.29, 0.717) is 5.56 Å². The molecule has 1 aliphatic heterocycles. The van der Waals surface area contributed by atoms with Gasteiger partial charge >= 0.3 is 0 Å². The number of aliphatic hydroxyl groups excluding tert-OH is 2. The van der Waals surface area contributed by atoms with Gasteiger partial charge in [0.2, 0.25) is 5.78 Å². The number of aromatic hydroxyl groups is 1. The molecule has 4 N–H and O–H groups in total. The summed E-state index contributed by atoms with van der Waals surface area (Å²) in [6, 6.07) is 1.12. The van der Waals surface area contributed by atoms with E-state index in [1.807, 2.05) is 11.9 Å². The van der Waals surface area contributed by atoms with Crippen molar-refractivity contribution in [2.45, 2.75) is 50.7 Å². The van der Waals surface area contributed by atoms with Gasteiger partial charge in [0.25, 0.3) is 0 Å². The number of hydrogen-bond acceptors (Lipinski definition) is 8. The highest BCUT2D eigenvalue weighted by Gasteiger charge is 2.67. The molecule has 3 aliphatic carbocycles. The zero-order chi connectivity index (χ0) is 26.3. The summed E-state index contributed by atoms with van der Waals surface area (Å²) in [5.74, 6) is -4.10. The van der Waals surface area contributed by atoms with E-state index in [-0.39, 0.29) is 65.7 Å². The third-order valence-corrected chi connectivity index (χ3v) is 8.81. The number of carbonyl (C=O) groups is 2. The fourth-order valence-corrected chi connectivity index (χ4v) is 7.16. The van der Waals surface area contributed by atoms with Crippen LogP contribution in [-0.4, -0.2) is 81.6 Å². The summed E-state index contributed by atoms with van der Waals surface area (Å²) >= 11 is 0. The fraction of sp³-hybridized carbons (Fsp3) is 0.556. The Morgan fingerprint density at radius 2 is 1.92 bits per heavy atom. The molecule has 4 aliphatic rings. The number of hydrogen-bond donors (Lipinski definition) is 4. The van der Waals surface area contributed by atoms with Gasteiger partial charge in [0.05, 0.1) is 5.56 Å². The van der Waals surface area contributed by atoms with Gasteiger partial charge in [-0.1, -0.05) is 0 Å². The van der Waals surface area contributed by atoms with Crippen LogP contribution < -0.4 is 0 Å². The van der Waals surface area contributed by atoms with E-state index in [0.717, 1.165) is 19.4 Å². The SMILES string of the molecule is CC1=C(O)[C@@]2(O)C(=O)C3=C(O)c4c(O)cc(C5CCCN5C)c(F)c4CC3C[C@@]2(CN(C)C)CC1=O. The Morgan fingerprint density at radius 1 is 1.22 bits per heavy atom. The number of carbonyl (C=O) groups excluding carboxylic acids is 2. The molecule has 194 valence electrons. The van der Waals surface area contributed by atoms with Gasteiger partial charge in [0, 0.05) is 46.7 Å². The van der Waals surface area contributed by atoms with Crippen molar-refractivity contribution in [2.75, 3.05) is 34.2 Å². The van der Waals surface area contributed by atoms with E-state index in [2.05, 4.69) is 0 Å². The molecule has 5 rings (SSSR count). The molecule has 4 atom stereocenters. The Morgan fingerprint density at radius 3 is 2.53 bits per heavy atom. The number of likely N-dealkylation sites (tertiary alicyclic amines) is 1. The second kappa shape index (κ2) is 8.13. The first-order chi connectivity index (χ1) is 16.8. The van der Waals surface area contributed by atoms with Crippen LogP contribution in [0.2, 0.25) is 0 Å². The van der Waals surface area contributed by atoms with Gasteiger partial charge in [0.1, 0.15) is 23.1 Å². The van der Waals surface area contributed by atoms with E-state index >= 15 is 4.39 Å². The van der Waals surface area contributed by atoms with Crippen LogP contribution in [0, 0.1) is 17.2 Å². The van der Waals surface area contributed by atoms with Crippen LogP contribution in [0.4, 0.5) is 4.39 Å². The van der Waals surface area contributed by atoms with Crippen molar-refractivity contribution in [3.05, 3.63) is 45.5 Å². The highest BCUT2D eigenvalue weighted by Crippen LogP contribution is 2.58. The molecular formula is C27H33FN2O6. The fourth-order valence-electron chi connectivity index (χ4n) is 7.16. The topological polar surface area (TPSA) is 122 Å². The van der Waals surface area contributed by atoms with Gasteiger partial charge in [-0.15, -0.1) is 0 Å². The molecule has 0 bridgehead atoms. The van der Waals surface area contributed by atoms with E-state index < -0.39 is 40.1 Å². The van der Waals surface area contributed by atoms with Gasteiger partial charge < -0.3 is 25.3 Å². The lowest BCUT2D eigenvalue weighted by molar-refractivity contribution is -0.165. The molecule has 1 heterocycles. The monoisotopic (exact) mass is 500 g/mol. The van der Waals surface area contributed by atoms with Crippen molar-refractivity contribution in [1.29, 1.82) is 0 Å². The minimum Gasteiger partial charge on any atom is -0.508 e. The molecule has 2 fully saturated rings. The molecule has 1 saturated carbocycles. The van der Waals surface area contributed by atoms with Crippen molar-refractivity contribution in [2.24, 2.45) is 11.3 Å². The molecule has 36 heavy (non-hydrogen) atoms. The number of aliphatic hydroxyl groups is 3. The van der Waals surface area contributed by atoms with Gasteiger partial charge in [-0.05, 0) is 72.3 Å². The van der Waals surface area contributed by atoms with Crippen LogP contribution in [0.5, 0.6) is 5.75 Å². The summed E-state index contributed by atoms with van der Waals surface area (Å²) < 4.78 is 16.0. The number of halogens is 1. The minimum atomic E-state index is -2.42. The maximum Gasteiger partial charge on any atom is 0.202 e. The number of ketones is 2. The second-order valence-corrected chi connectivity index (χ2v) is 11.3. The predicted octanol–water partition coefficient (Wildman–Crippen LogP) is 2.80. The third-order valence-electron chi connectivity index (χ3n) is 8.81. The largest absolute Gasteiger partial charge is 0.508 e. The maximum atomic E-state index is 16.0. The molecule has 2 unspecified atom stereocenters. The number of Topliss-reactive ketones (excluding diaryl/α,β-unsaturated/α-hetero) is 2. The number of fused-ring (bicyclic) bond motifs is 3. The van der Waals surface area contributed by atoms with Gasteiger partial charge in [-0.2, -0.15) is 0 Å². The molecular weight excluding hydrogens is 467 g/mol. The third kappa shape index (κ3) is 3.15. The highest BCUT2D eigenvalue weighted by molar-refractivity contribution is 6.13. The summed E-state index contributed by atoms with van der Waals surface area (Å²) in [4.78, 5) is 30.5. The molecule has 0 amide bonds. The Balaban J connectivity index is 1.71. The standard InChI is InChI=1S/C27H33FN2O6/c1-13-19(32)11-26(12-29(2)3)10-14-8-16-21(23(33)20(14)25(35)27(26,36)24(13)34)18(31)9-15(22(16)28)17-6-5-7-30(17)4/h9,14,17,31,33-34,36H,5-8,10-12H2,1-4H3/t14?,17?,26-,27+/m0/s1. The van der Waals surface area contributed by atoms with Crippen LogP contribution >= 0.6 is 0 Å².